The third-order valence-electron chi connectivity index (χ3n) is 4.03. The molecule has 0 unspecified atom stereocenters. The van der Waals surface area contributed by atoms with Gasteiger partial charge in [0.25, 0.3) is 0 Å². The Labute approximate surface area is 203 Å². The molecule has 2 heteroatoms. The van der Waals surface area contributed by atoms with Gasteiger partial charge in [0.2, 0.25) is 0 Å². The molecule has 0 aromatic rings. The fourth-order valence-corrected chi connectivity index (χ4v) is 1.70. The molecule has 0 aliphatic rings. The van der Waals surface area contributed by atoms with Gasteiger partial charge in [0.15, 0.2) is 0 Å². The normalized spacial score (nSPS) is 10.7. The number of nitrogens with two attached hydrogens (primary N) is 1. The number of rotatable bonds is 8. The zero-order valence-electron chi connectivity index (χ0n) is 24.2. The minimum absolute atomic E-state index is 0.736. The van der Waals surface area contributed by atoms with Gasteiger partial charge < -0.3 is 5.73 Å². The van der Waals surface area contributed by atoms with Crippen LogP contribution in [0.4, 0.5) is 0 Å². The fourth-order valence-electron chi connectivity index (χ4n) is 1.70. The second kappa shape index (κ2) is 31.1. The van der Waals surface area contributed by atoms with Crippen LogP contribution in [-0.4, -0.2) is 12.8 Å². The van der Waals surface area contributed by atoms with Gasteiger partial charge in [0, 0.05) is 7.05 Å². The lowest BCUT2D eigenvalue weighted by molar-refractivity contribution is 0.789. The molecular weight excluding hydrogens is 388 g/mol. The third kappa shape index (κ3) is 32.6. The van der Waals surface area contributed by atoms with Crippen molar-refractivity contribution in [1.29, 1.82) is 0 Å². The molecule has 0 bridgehead atoms. The molecule has 0 atom stereocenters. The van der Waals surface area contributed by atoms with Gasteiger partial charge in [-0.3, -0.25) is 4.99 Å². The van der Waals surface area contributed by atoms with Gasteiger partial charge in [-0.2, -0.15) is 0 Å². The fraction of sp³-hybridized carbons (Fsp3) is 0.567. The Bertz CT molecular complexity index is 592. The van der Waals surface area contributed by atoms with Crippen LogP contribution >= 0.6 is 0 Å². The van der Waals surface area contributed by atoms with Gasteiger partial charge in [-0.25, -0.2) is 0 Å². The first-order valence-electron chi connectivity index (χ1n) is 12.1. The molecule has 0 aromatic heterocycles. The van der Waals surface area contributed by atoms with Crippen molar-refractivity contribution in [3.8, 4) is 0 Å². The maximum Gasteiger partial charge on any atom is 0.0557 e. The molecule has 2 nitrogen and oxygen atoms in total. The van der Waals surface area contributed by atoms with E-state index in [4.69, 9.17) is 5.73 Å². The lowest BCUT2D eigenvalue weighted by Crippen LogP contribution is -2.10. The molecule has 0 aliphatic heterocycles. The molecule has 0 saturated heterocycles. The summed E-state index contributed by atoms with van der Waals surface area (Å²) in [5, 5.41) is 0. The molecule has 0 saturated carbocycles. The molecule has 0 radical (unpaired) electrons. The van der Waals surface area contributed by atoms with E-state index in [1.165, 1.54) is 36.0 Å². The molecular formula is C30H58N2. The lowest BCUT2D eigenvalue weighted by Gasteiger charge is -2.05. The van der Waals surface area contributed by atoms with Crippen molar-refractivity contribution in [3.63, 3.8) is 0 Å². The number of nitrogens with zero attached hydrogens (tertiary/aromatic N) is 1. The minimum atomic E-state index is 0.736. The number of hydrogen-bond donors (Lipinski definition) is 1. The highest BCUT2D eigenvalue weighted by atomic mass is 14.7. The van der Waals surface area contributed by atoms with E-state index in [0.717, 1.165) is 29.0 Å². The largest absolute Gasteiger partial charge is 0.397 e. The van der Waals surface area contributed by atoms with Gasteiger partial charge in [-0.1, -0.05) is 96.1 Å². The highest BCUT2D eigenvalue weighted by molar-refractivity contribution is 5.98. The molecule has 0 fully saturated rings. The van der Waals surface area contributed by atoms with Crippen molar-refractivity contribution < 1.29 is 0 Å². The first kappa shape index (κ1) is 40.3. The summed E-state index contributed by atoms with van der Waals surface area (Å²) in [7, 11) is 1.73. The van der Waals surface area contributed by atoms with Gasteiger partial charge in [-0.05, 0) is 72.0 Å². The van der Waals surface area contributed by atoms with Crippen LogP contribution in [0.25, 0.3) is 0 Å². The van der Waals surface area contributed by atoms with Crippen LogP contribution in [0.2, 0.25) is 0 Å². The molecule has 32 heavy (non-hydrogen) atoms. The van der Waals surface area contributed by atoms with Crippen LogP contribution in [0, 0.1) is 0 Å². The monoisotopic (exact) mass is 446 g/mol. The van der Waals surface area contributed by atoms with E-state index in [-0.39, 0.29) is 0 Å². The zero-order valence-corrected chi connectivity index (χ0v) is 24.2. The predicted molar refractivity (Wildman–Crippen MR) is 156 cm³/mol. The minimum Gasteiger partial charge on any atom is -0.397 e. The summed E-state index contributed by atoms with van der Waals surface area (Å²) < 4.78 is 0. The second-order valence-electron chi connectivity index (χ2n) is 7.23. The number of aliphatic imine (C=N–C) groups is 1. The molecule has 0 aliphatic carbocycles. The van der Waals surface area contributed by atoms with Crippen molar-refractivity contribution in [2.24, 2.45) is 10.7 Å². The summed E-state index contributed by atoms with van der Waals surface area (Å²) in [6.45, 7) is 35.7. The smallest absolute Gasteiger partial charge is 0.0557 e. The van der Waals surface area contributed by atoms with E-state index < -0.39 is 0 Å². The average Bonchev–Trinajstić information content (AvgIpc) is 2.80. The Morgan fingerprint density at radius 1 is 0.875 bits per heavy atom. The molecule has 0 aromatic carbocycles. The van der Waals surface area contributed by atoms with Gasteiger partial charge in [0.05, 0.1) is 11.4 Å². The highest BCUT2D eigenvalue weighted by Crippen LogP contribution is 2.09. The first-order valence-corrected chi connectivity index (χ1v) is 12.1. The second-order valence-corrected chi connectivity index (χ2v) is 7.23. The van der Waals surface area contributed by atoms with E-state index in [2.05, 4.69) is 71.5 Å². The van der Waals surface area contributed by atoms with Crippen LogP contribution in [0.5, 0.6) is 0 Å². The first-order chi connectivity index (χ1) is 15.0. The molecule has 188 valence electrons. The Hall–Kier alpha value is -2.09. The van der Waals surface area contributed by atoms with Gasteiger partial charge in [-0.15, -0.1) is 6.58 Å². The quantitative estimate of drug-likeness (QED) is 0.225. The summed E-state index contributed by atoms with van der Waals surface area (Å²) >= 11 is 0. The van der Waals surface area contributed by atoms with E-state index >= 15 is 0 Å². The van der Waals surface area contributed by atoms with Crippen LogP contribution in [0.15, 0.2) is 76.5 Å². The van der Waals surface area contributed by atoms with Gasteiger partial charge >= 0.3 is 0 Å². The van der Waals surface area contributed by atoms with E-state index in [1.807, 2.05) is 54.5 Å². The number of allylic oxidation sites excluding steroid dienone is 9. The van der Waals surface area contributed by atoms with E-state index in [1.54, 1.807) is 7.05 Å². The molecule has 2 N–H and O–H groups in total. The summed E-state index contributed by atoms with van der Waals surface area (Å²) in [4.78, 5) is 3.98. The van der Waals surface area contributed by atoms with Crippen LogP contribution in [0.1, 0.15) is 109 Å². The van der Waals surface area contributed by atoms with Crippen molar-refractivity contribution in [3.05, 3.63) is 71.5 Å². The molecule has 0 heterocycles. The van der Waals surface area contributed by atoms with Crippen LogP contribution in [0.3, 0.4) is 0 Å². The topological polar surface area (TPSA) is 38.4 Å². The van der Waals surface area contributed by atoms with Gasteiger partial charge in [0.1, 0.15) is 0 Å². The van der Waals surface area contributed by atoms with Crippen molar-refractivity contribution in [2.75, 3.05) is 7.05 Å². The Morgan fingerprint density at radius 3 is 1.56 bits per heavy atom. The lowest BCUT2D eigenvalue weighted by atomic mass is 10.1. The summed E-state index contributed by atoms with van der Waals surface area (Å²) in [6, 6.07) is 0. The predicted octanol–water partition coefficient (Wildman–Crippen LogP) is 10.2. The maximum absolute atomic E-state index is 5.76. The Kier molecular flexibility index (Phi) is 39.2. The standard InChI is InChI=1S/C10H16.C9H16N2.C7H14.2C2H6/c1-5-10(6-2)8-7-9(3)4;1-6(2)7(3)9(10)8(4)11-5;1-4-5-6-7(2)3;2*1-2/h5,7-8H,1,6H2,2-4H3;1,10H2,2-5H3;2,4-6H2,1,3H3;2*1-2H3/b10-8+;9-7+,11-8?;;;. The van der Waals surface area contributed by atoms with Crippen molar-refractivity contribution >= 4 is 5.71 Å². The molecule has 0 spiro atoms. The summed E-state index contributed by atoms with van der Waals surface area (Å²) in [5.41, 5.74) is 13.3. The maximum atomic E-state index is 5.76. The SMILES string of the molecule is C=C(C)/C(C)=C(/N)C(C)=NC.C=C(C)CCCC.C=C/C(=C\C=C(C)C)CC.CC.CC. The Morgan fingerprint density at radius 2 is 1.34 bits per heavy atom. The number of hydrogen-bond acceptors (Lipinski definition) is 2. The zero-order chi connectivity index (χ0) is 26.7. The van der Waals surface area contributed by atoms with Crippen molar-refractivity contribution in [2.45, 2.75) is 109 Å². The van der Waals surface area contributed by atoms with Crippen LogP contribution in [-0.2, 0) is 0 Å². The Balaban J connectivity index is -0.000000107. The highest BCUT2D eigenvalue weighted by Gasteiger charge is 2.00. The van der Waals surface area contributed by atoms with Crippen molar-refractivity contribution in [1.82, 2.24) is 0 Å². The van der Waals surface area contributed by atoms with E-state index in [9.17, 15) is 0 Å². The average molecular weight is 447 g/mol. The number of unbranched alkanes of at least 4 members (excludes halogenated alkanes) is 1. The third-order valence-corrected chi connectivity index (χ3v) is 4.03. The molecule has 0 rings (SSSR count). The summed E-state index contributed by atoms with van der Waals surface area (Å²) in [5.74, 6) is 0. The molecule has 0 amide bonds. The summed E-state index contributed by atoms with van der Waals surface area (Å²) in [6.07, 6.45) is 11.0. The van der Waals surface area contributed by atoms with E-state index in [0.29, 0.717) is 0 Å². The van der Waals surface area contributed by atoms with Crippen LogP contribution < -0.4 is 5.73 Å².